The van der Waals surface area contributed by atoms with Crippen LogP contribution in [0.15, 0.2) is 35.2 Å². The lowest BCUT2D eigenvalue weighted by Gasteiger charge is -2.13. The van der Waals surface area contributed by atoms with Crippen molar-refractivity contribution >= 4 is 15.9 Å². The first-order chi connectivity index (χ1) is 8.04. The maximum Gasteiger partial charge on any atom is 0.205 e. The van der Waals surface area contributed by atoms with Crippen LogP contribution in [0.3, 0.4) is 0 Å². The van der Waals surface area contributed by atoms with E-state index in [0.29, 0.717) is 10.5 Å². The molecule has 0 spiro atoms. The van der Waals surface area contributed by atoms with Gasteiger partial charge in [-0.3, -0.25) is 0 Å². The number of rotatable bonds is 5. The van der Waals surface area contributed by atoms with Crippen LogP contribution in [0.5, 0.6) is 0 Å². The summed E-state index contributed by atoms with van der Waals surface area (Å²) in [6, 6.07) is 6.95. The fourth-order valence-corrected chi connectivity index (χ4v) is 2.77. The lowest BCUT2D eigenvalue weighted by atomic mass is 10.2. The quantitative estimate of drug-likeness (QED) is 0.811. The van der Waals surface area contributed by atoms with E-state index < -0.39 is 15.3 Å². The Bertz CT molecular complexity index is 489. The van der Waals surface area contributed by atoms with Crippen molar-refractivity contribution in [2.24, 2.45) is 0 Å². The molecule has 0 aliphatic carbocycles. The molecule has 0 saturated carbocycles. The summed E-state index contributed by atoms with van der Waals surface area (Å²) >= 11 is 0. The molecule has 4 heteroatoms. The van der Waals surface area contributed by atoms with Gasteiger partial charge in [0.1, 0.15) is 0 Å². The van der Waals surface area contributed by atoms with E-state index in [9.17, 15) is 8.42 Å². The Morgan fingerprint density at radius 2 is 2.00 bits per heavy atom. The molecule has 0 aromatic heterocycles. The largest absolute Gasteiger partial charge is 0.365 e. The fraction of sp³-hybridized carbons (Fsp3) is 0.385. The van der Waals surface area contributed by atoms with Gasteiger partial charge in [0, 0.05) is 7.11 Å². The summed E-state index contributed by atoms with van der Waals surface area (Å²) in [6.07, 6.45) is 4.63. The average molecular weight is 254 g/mol. The van der Waals surface area contributed by atoms with Gasteiger partial charge in [-0.25, -0.2) is 8.42 Å². The molecule has 0 bridgehead atoms. The Labute approximate surface area is 103 Å². The third-order valence-electron chi connectivity index (χ3n) is 2.53. The molecule has 1 atom stereocenters. The second-order valence-corrected chi connectivity index (χ2v) is 5.89. The highest BCUT2D eigenvalue weighted by Crippen LogP contribution is 2.22. The molecule has 1 unspecified atom stereocenters. The van der Waals surface area contributed by atoms with E-state index in [1.54, 1.807) is 18.2 Å². The molecule has 0 fully saturated rings. The summed E-state index contributed by atoms with van der Waals surface area (Å²) in [5.74, 6) is 0. The lowest BCUT2D eigenvalue weighted by Crippen LogP contribution is -2.20. The van der Waals surface area contributed by atoms with Crippen molar-refractivity contribution in [2.45, 2.75) is 30.6 Å². The van der Waals surface area contributed by atoms with E-state index >= 15 is 0 Å². The van der Waals surface area contributed by atoms with Crippen LogP contribution in [0, 0.1) is 0 Å². The zero-order chi connectivity index (χ0) is 12.9. The number of hydrogen-bond donors (Lipinski definition) is 0. The molecule has 1 aromatic carbocycles. The van der Waals surface area contributed by atoms with Crippen molar-refractivity contribution in [2.75, 3.05) is 7.11 Å². The van der Waals surface area contributed by atoms with E-state index in [4.69, 9.17) is 4.74 Å². The molecule has 1 aromatic rings. The van der Waals surface area contributed by atoms with Gasteiger partial charge in [0.05, 0.1) is 4.90 Å². The fourth-order valence-electron chi connectivity index (χ4n) is 1.43. The van der Waals surface area contributed by atoms with E-state index in [1.165, 1.54) is 14.0 Å². The van der Waals surface area contributed by atoms with Crippen LogP contribution in [0.25, 0.3) is 6.08 Å². The number of hydrogen-bond acceptors (Lipinski definition) is 3. The molecule has 0 N–H and O–H groups in total. The van der Waals surface area contributed by atoms with Crippen LogP contribution in [0.1, 0.15) is 25.8 Å². The Kier molecular flexibility index (Phi) is 4.90. The van der Waals surface area contributed by atoms with Crippen LogP contribution < -0.4 is 0 Å². The number of ether oxygens (including phenoxy) is 1. The Hall–Kier alpha value is -1.13. The maximum atomic E-state index is 12.2. The topological polar surface area (TPSA) is 43.4 Å². The van der Waals surface area contributed by atoms with Crippen LogP contribution in [-0.4, -0.2) is 21.0 Å². The highest BCUT2D eigenvalue weighted by Gasteiger charge is 2.24. The number of allylic oxidation sites excluding steroid dienone is 1. The van der Waals surface area contributed by atoms with Crippen molar-refractivity contribution in [3.8, 4) is 0 Å². The van der Waals surface area contributed by atoms with Crippen LogP contribution in [0.4, 0.5) is 0 Å². The van der Waals surface area contributed by atoms with E-state index in [1.807, 2.05) is 25.1 Å². The third-order valence-corrected chi connectivity index (χ3v) is 4.58. The van der Waals surface area contributed by atoms with Crippen LogP contribution in [0.2, 0.25) is 0 Å². The van der Waals surface area contributed by atoms with E-state index in [-0.39, 0.29) is 0 Å². The van der Waals surface area contributed by atoms with Gasteiger partial charge in [-0.05, 0) is 25.0 Å². The molecular formula is C13H18O3S. The summed E-state index contributed by atoms with van der Waals surface area (Å²) < 4.78 is 29.3. The average Bonchev–Trinajstić information content (AvgIpc) is 2.35. The highest BCUT2D eigenvalue weighted by atomic mass is 32.2. The first-order valence-electron chi connectivity index (χ1n) is 5.56. The number of benzene rings is 1. The maximum absolute atomic E-state index is 12.2. The van der Waals surface area contributed by atoms with Crippen molar-refractivity contribution < 1.29 is 13.2 Å². The minimum atomic E-state index is -3.42. The second kappa shape index (κ2) is 5.98. The predicted octanol–water partition coefficient (Wildman–Crippen LogP) is 2.88. The molecule has 94 valence electrons. The zero-order valence-corrected chi connectivity index (χ0v) is 11.2. The van der Waals surface area contributed by atoms with Gasteiger partial charge in [0.25, 0.3) is 0 Å². The number of methoxy groups -OCH3 is 1. The summed E-state index contributed by atoms with van der Waals surface area (Å²) in [5, 5.41) is 0. The van der Waals surface area contributed by atoms with Gasteiger partial charge < -0.3 is 4.74 Å². The standard InChI is InChI=1S/C13H18O3S/c1-4-5-8-12-9-6-7-10-13(12)17(14,15)11(2)16-3/h5-11H,4H2,1-3H3/b8-5+. The van der Waals surface area contributed by atoms with Gasteiger partial charge in [0.2, 0.25) is 9.84 Å². The first kappa shape index (κ1) is 13.9. The van der Waals surface area contributed by atoms with E-state index in [2.05, 4.69) is 0 Å². The first-order valence-corrected chi connectivity index (χ1v) is 7.11. The smallest absolute Gasteiger partial charge is 0.205 e. The van der Waals surface area contributed by atoms with Crippen LogP contribution >= 0.6 is 0 Å². The molecule has 0 saturated heterocycles. The second-order valence-electron chi connectivity index (χ2n) is 3.70. The molecule has 3 nitrogen and oxygen atoms in total. The molecule has 0 aliphatic rings. The molecule has 0 amide bonds. The van der Waals surface area contributed by atoms with Gasteiger partial charge in [-0.2, -0.15) is 0 Å². The SMILES string of the molecule is CC/C=C/c1ccccc1S(=O)(=O)C(C)OC. The van der Waals surface area contributed by atoms with Crippen molar-refractivity contribution in [3.63, 3.8) is 0 Å². The molecule has 1 rings (SSSR count). The normalized spacial score (nSPS) is 14.1. The summed E-state index contributed by atoms with van der Waals surface area (Å²) in [6.45, 7) is 3.54. The Morgan fingerprint density at radius 1 is 1.35 bits per heavy atom. The zero-order valence-electron chi connectivity index (χ0n) is 10.4. The van der Waals surface area contributed by atoms with Gasteiger partial charge in [-0.1, -0.05) is 37.3 Å². The molecule has 17 heavy (non-hydrogen) atoms. The van der Waals surface area contributed by atoms with Gasteiger partial charge >= 0.3 is 0 Å². The lowest BCUT2D eigenvalue weighted by molar-refractivity contribution is 0.178. The minimum absolute atomic E-state index is 0.319. The monoisotopic (exact) mass is 254 g/mol. The van der Waals surface area contributed by atoms with Crippen LogP contribution in [-0.2, 0) is 14.6 Å². The minimum Gasteiger partial charge on any atom is -0.365 e. The Balaban J connectivity index is 3.27. The molecule has 0 radical (unpaired) electrons. The molecule has 0 heterocycles. The van der Waals surface area contributed by atoms with Crippen molar-refractivity contribution in [3.05, 3.63) is 35.9 Å². The summed E-state index contributed by atoms with van der Waals surface area (Å²) in [5.41, 5.74) is -0.128. The summed E-state index contributed by atoms with van der Waals surface area (Å²) in [7, 11) is -2.03. The van der Waals surface area contributed by atoms with Gasteiger partial charge in [-0.15, -0.1) is 0 Å². The number of sulfone groups is 1. The van der Waals surface area contributed by atoms with Crippen molar-refractivity contribution in [1.29, 1.82) is 0 Å². The predicted molar refractivity (Wildman–Crippen MR) is 69.4 cm³/mol. The molecular weight excluding hydrogens is 236 g/mol. The summed E-state index contributed by atoms with van der Waals surface area (Å²) in [4.78, 5) is 0.319. The molecule has 0 aliphatic heterocycles. The Morgan fingerprint density at radius 3 is 2.59 bits per heavy atom. The third kappa shape index (κ3) is 3.17. The van der Waals surface area contributed by atoms with E-state index in [0.717, 1.165) is 6.42 Å². The highest BCUT2D eigenvalue weighted by molar-refractivity contribution is 7.92. The van der Waals surface area contributed by atoms with Crippen molar-refractivity contribution in [1.82, 2.24) is 0 Å². The van der Waals surface area contributed by atoms with Gasteiger partial charge in [0.15, 0.2) is 5.44 Å².